The molecule has 2 aromatic rings. The first-order valence-electron chi connectivity index (χ1n) is 7.06. The van der Waals surface area contributed by atoms with Crippen molar-refractivity contribution < 1.29 is 9.35 Å². The maximum atomic E-state index is 12.4. The second-order valence-electron chi connectivity index (χ2n) is 5.69. The zero-order chi connectivity index (χ0) is 16.0. The summed E-state index contributed by atoms with van der Waals surface area (Å²) in [6.07, 6.45) is 3.09. The molecular weight excluding hydrogens is 294 g/mol. The van der Waals surface area contributed by atoms with Gasteiger partial charge in [0.25, 0.3) is 0 Å². The van der Waals surface area contributed by atoms with Gasteiger partial charge in [-0.1, -0.05) is 59.0 Å². The molecule has 114 valence electrons. The highest BCUT2D eigenvalue weighted by Crippen LogP contribution is 2.24. The molecule has 1 atom stereocenters. The predicted molar refractivity (Wildman–Crippen MR) is 91.8 cm³/mol. The first-order chi connectivity index (χ1) is 10.5. The van der Waals surface area contributed by atoms with Crippen LogP contribution in [0.2, 0.25) is 0 Å². The molecule has 0 saturated heterocycles. The Morgan fingerprint density at radius 2 is 1.68 bits per heavy atom. The average Bonchev–Trinajstić information content (AvgIpc) is 2.54. The molecule has 2 aromatic carbocycles. The molecular formula is C18H19NO2S. The van der Waals surface area contributed by atoms with E-state index in [-0.39, 0.29) is 0 Å². The molecule has 0 saturated carbocycles. The van der Waals surface area contributed by atoms with Gasteiger partial charge in [-0.05, 0) is 25.0 Å². The molecule has 0 aliphatic rings. The van der Waals surface area contributed by atoms with Crippen molar-refractivity contribution in [1.82, 2.24) is 0 Å². The first kappa shape index (κ1) is 16.5. The molecule has 0 aromatic heterocycles. The summed E-state index contributed by atoms with van der Waals surface area (Å²) in [5.41, 5.74) is 2.62. The fraction of sp³-hybridized carbons (Fsp3) is 0.222. The highest BCUT2D eigenvalue weighted by molar-refractivity contribution is 7.91. The molecule has 2 rings (SSSR count). The normalized spacial score (nSPS) is 13.2. The summed E-state index contributed by atoms with van der Waals surface area (Å²) in [4.78, 5) is 10.7. The molecule has 22 heavy (non-hydrogen) atoms. The fourth-order valence-electron chi connectivity index (χ4n) is 2.06. The number of carbonyl (C=O) groups is 1. The van der Waals surface area contributed by atoms with E-state index in [0.29, 0.717) is 12.0 Å². The molecule has 0 fully saturated rings. The second-order valence-corrected chi connectivity index (χ2v) is 7.50. The van der Waals surface area contributed by atoms with Gasteiger partial charge in [-0.15, -0.1) is 0 Å². The number of carbonyl (C=O) groups excluding carboxylic acids is 1. The van der Waals surface area contributed by atoms with Crippen LogP contribution in [0.1, 0.15) is 35.3 Å². The van der Waals surface area contributed by atoms with Crippen molar-refractivity contribution in [2.24, 2.45) is 4.40 Å². The number of hydrogen-bond acceptors (Lipinski definition) is 3. The molecule has 0 bridgehead atoms. The minimum atomic E-state index is -1.34. The monoisotopic (exact) mass is 313 g/mol. The molecule has 0 aliphatic heterocycles. The topological polar surface area (TPSA) is 52.5 Å². The molecule has 3 nitrogen and oxygen atoms in total. The van der Waals surface area contributed by atoms with Crippen LogP contribution in [-0.4, -0.2) is 21.8 Å². The van der Waals surface area contributed by atoms with Gasteiger partial charge in [0, 0.05) is 12.0 Å². The predicted octanol–water partition coefficient (Wildman–Crippen LogP) is 3.60. The standard InChI is InChI=1S/C18H19NO2S/c1-18(2,12-15-8-10-17(14-20)11-9-15)22(21)19-13-16-6-4-3-5-7-16/h3-11,13-14H,12H2,1-2H3/b19-13+/t22-/m1/s1. The summed E-state index contributed by atoms with van der Waals surface area (Å²) < 4.78 is 16.1. The van der Waals surface area contributed by atoms with Crippen LogP contribution in [-0.2, 0) is 17.8 Å². The van der Waals surface area contributed by atoms with E-state index in [1.165, 1.54) is 0 Å². The van der Waals surface area contributed by atoms with Crippen LogP contribution in [0.3, 0.4) is 0 Å². The number of nitrogens with zero attached hydrogens (tertiary/aromatic N) is 1. The van der Waals surface area contributed by atoms with E-state index in [1.54, 1.807) is 18.3 Å². The molecule has 0 amide bonds. The van der Waals surface area contributed by atoms with Crippen molar-refractivity contribution in [1.29, 1.82) is 0 Å². The Bertz CT molecular complexity index is 636. The molecule has 0 spiro atoms. The van der Waals surface area contributed by atoms with E-state index in [1.807, 2.05) is 56.3 Å². The zero-order valence-electron chi connectivity index (χ0n) is 12.7. The molecule has 0 heterocycles. The molecule has 4 heteroatoms. The maximum absolute atomic E-state index is 12.4. The van der Waals surface area contributed by atoms with Gasteiger partial charge in [0.15, 0.2) is 4.75 Å². The van der Waals surface area contributed by atoms with Crippen molar-refractivity contribution in [3.63, 3.8) is 0 Å². The third-order valence-electron chi connectivity index (χ3n) is 3.32. The Kier molecular flexibility index (Phi) is 5.52. The maximum Gasteiger partial charge on any atom is 0.151 e. The summed E-state index contributed by atoms with van der Waals surface area (Å²) in [7, 11) is 0. The van der Waals surface area contributed by atoms with E-state index < -0.39 is 16.1 Å². The third-order valence-corrected chi connectivity index (χ3v) is 4.70. The van der Waals surface area contributed by atoms with Gasteiger partial charge < -0.3 is 4.55 Å². The SMILES string of the molecule is CC(C)(Cc1ccc(C=O)cc1)[S@@+]([O-])/N=C/c1ccccc1. The minimum absolute atomic E-state index is 0.478. The highest BCUT2D eigenvalue weighted by Gasteiger charge is 2.32. The number of benzene rings is 2. The number of hydrogen-bond donors (Lipinski definition) is 0. The van der Waals surface area contributed by atoms with Crippen LogP contribution in [0, 0.1) is 0 Å². The fourth-order valence-corrected chi connectivity index (χ4v) is 2.85. The Morgan fingerprint density at radius 1 is 1.05 bits per heavy atom. The first-order valence-corrected chi connectivity index (χ1v) is 8.17. The van der Waals surface area contributed by atoms with Crippen LogP contribution in [0.15, 0.2) is 59.0 Å². The van der Waals surface area contributed by atoms with Crippen molar-refractivity contribution in [2.75, 3.05) is 0 Å². The number of aldehydes is 1. The lowest BCUT2D eigenvalue weighted by Crippen LogP contribution is -2.33. The minimum Gasteiger partial charge on any atom is -0.591 e. The lowest BCUT2D eigenvalue weighted by Gasteiger charge is -2.23. The van der Waals surface area contributed by atoms with Gasteiger partial charge in [-0.2, -0.15) is 0 Å². The van der Waals surface area contributed by atoms with Crippen LogP contribution >= 0.6 is 0 Å². The van der Waals surface area contributed by atoms with E-state index in [9.17, 15) is 9.35 Å². The van der Waals surface area contributed by atoms with Crippen molar-refractivity contribution in [3.05, 3.63) is 71.3 Å². The molecule has 0 unspecified atom stereocenters. The average molecular weight is 313 g/mol. The smallest absolute Gasteiger partial charge is 0.151 e. The Balaban J connectivity index is 2.04. The largest absolute Gasteiger partial charge is 0.591 e. The Morgan fingerprint density at radius 3 is 2.27 bits per heavy atom. The molecule has 0 aliphatic carbocycles. The van der Waals surface area contributed by atoms with Gasteiger partial charge in [0.05, 0.1) is 6.21 Å². The quantitative estimate of drug-likeness (QED) is 0.465. The van der Waals surface area contributed by atoms with E-state index in [4.69, 9.17) is 0 Å². The molecule has 0 radical (unpaired) electrons. The van der Waals surface area contributed by atoms with E-state index >= 15 is 0 Å². The summed E-state index contributed by atoms with van der Waals surface area (Å²) in [6, 6.07) is 16.9. The Hall–Kier alpha value is -1.91. The lowest BCUT2D eigenvalue weighted by molar-refractivity contribution is 0.112. The van der Waals surface area contributed by atoms with Crippen LogP contribution < -0.4 is 0 Å². The summed E-state index contributed by atoms with van der Waals surface area (Å²) in [5.74, 6) is 0. The lowest BCUT2D eigenvalue weighted by atomic mass is 10.0. The van der Waals surface area contributed by atoms with E-state index in [0.717, 1.165) is 17.4 Å². The zero-order valence-corrected chi connectivity index (χ0v) is 13.5. The summed E-state index contributed by atoms with van der Waals surface area (Å²) >= 11 is -1.34. The Labute approximate surface area is 134 Å². The van der Waals surface area contributed by atoms with Gasteiger partial charge in [-0.3, -0.25) is 4.79 Å². The molecule has 0 N–H and O–H groups in total. The van der Waals surface area contributed by atoms with Crippen LogP contribution in [0.25, 0.3) is 0 Å². The highest BCUT2D eigenvalue weighted by atomic mass is 32.2. The summed E-state index contributed by atoms with van der Waals surface area (Å²) in [6.45, 7) is 3.86. The summed E-state index contributed by atoms with van der Waals surface area (Å²) in [5, 5.41) is 0. The second kappa shape index (κ2) is 7.38. The van der Waals surface area contributed by atoms with Crippen molar-refractivity contribution in [3.8, 4) is 0 Å². The van der Waals surface area contributed by atoms with Gasteiger partial charge in [0.1, 0.15) is 17.6 Å². The van der Waals surface area contributed by atoms with Gasteiger partial charge in [0.2, 0.25) is 0 Å². The number of rotatable bonds is 6. The van der Waals surface area contributed by atoms with Gasteiger partial charge in [-0.25, -0.2) is 0 Å². The third kappa shape index (κ3) is 4.55. The van der Waals surface area contributed by atoms with Gasteiger partial charge >= 0.3 is 0 Å². The van der Waals surface area contributed by atoms with Crippen LogP contribution in [0.4, 0.5) is 0 Å². The van der Waals surface area contributed by atoms with Crippen LogP contribution in [0.5, 0.6) is 0 Å². The van der Waals surface area contributed by atoms with Crippen molar-refractivity contribution >= 4 is 23.9 Å². The van der Waals surface area contributed by atoms with Crippen molar-refractivity contribution in [2.45, 2.75) is 25.0 Å². The van der Waals surface area contributed by atoms with E-state index in [2.05, 4.69) is 4.40 Å².